The number of anilines is 1. The first-order valence-electron chi connectivity index (χ1n) is 9.04. The van der Waals surface area contributed by atoms with Crippen LogP contribution in [0, 0.1) is 0 Å². The van der Waals surface area contributed by atoms with Gasteiger partial charge in [0.15, 0.2) is 15.0 Å². The highest BCUT2D eigenvalue weighted by Crippen LogP contribution is 2.39. The summed E-state index contributed by atoms with van der Waals surface area (Å²) in [6, 6.07) is 8.98. The van der Waals surface area contributed by atoms with Crippen molar-refractivity contribution in [3.8, 4) is 0 Å². The molecule has 144 valence electrons. The summed E-state index contributed by atoms with van der Waals surface area (Å²) in [6.45, 7) is 0. The van der Waals surface area contributed by atoms with Crippen molar-refractivity contribution in [2.75, 3.05) is 22.2 Å². The molecule has 2 aliphatic rings. The molecule has 7 nitrogen and oxygen atoms in total. The van der Waals surface area contributed by atoms with Crippen molar-refractivity contribution in [1.82, 2.24) is 14.8 Å². The third-order valence-corrected chi connectivity index (χ3v) is 7.77. The molecule has 0 N–H and O–H groups in total. The molecule has 2 aromatic rings. The lowest BCUT2D eigenvalue weighted by molar-refractivity contribution is -0.116. The van der Waals surface area contributed by atoms with Gasteiger partial charge in [-0.3, -0.25) is 4.79 Å². The number of nitrogens with zero attached hydrogens (tertiary/aromatic N) is 4. The smallest absolute Gasteiger partial charge is 0.237 e. The van der Waals surface area contributed by atoms with Crippen LogP contribution in [-0.2, 0) is 21.7 Å². The van der Waals surface area contributed by atoms with Gasteiger partial charge in [0.2, 0.25) is 5.91 Å². The van der Waals surface area contributed by atoms with Crippen molar-refractivity contribution in [2.24, 2.45) is 7.05 Å². The summed E-state index contributed by atoms with van der Waals surface area (Å²) in [5.41, 5.74) is 0.738. The first-order valence-corrected chi connectivity index (χ1v) is 11.8. The minimum Gasteiger partial charge on any atom is -0.309 e. The number of carbonyl (C=O) groups is 1. The van der Waals surface area contributed by atoms with Gasteiger partial charge in [-0.15, -0.1) is 10.2 Å². The zero-order chi connectivity index (χ0) is 19.0. The lowest BCUT2D eigenvalue weighted by atomic mass is 10.2. The van der Waals surface area contributed by atoms with Crippen LogP contribution in [0.15, 0.2) is 35.5 Å². The van der Waals surface area contributed by atoms with Gasteiger partial charge in [0, 0.05) is 18.7 Å². The zero-order valence-electron chi connectivity index (χ0n) is 15.1. The molecule has 27 heavy (non-hydrogen) atoms. The van der Waals surface area contributed by atoms with E-state index in [1.54, 1.807) is 4.90 Å². The first-order chi connectivity index (χ1) is 12.9. The summed E-state index contributed by atoms with van der Waals surface area (Å²) in [5, 5.41) is 9.17. The summed E-state index contributed by atoms with van der Waals surface area (Å²) >= 11 is 1.35. The predicted octanol–water partition coefficient (Wildman–Crippen LogP) is 2.00. The maximum atomic E-state index is 13.0. The Morgan fingerprint density at radius 1 is 1.22 bits per heavy atom. The highest BCUT2D eigenvalue weighted by atomic mass is 32.2. The van der Waals surface area contributed by atoms with E-state index in [0.29, 0.717) is 12.3 Å². The summed E-state index contributed by atoms with van der Waals surface area (Å²) in [5.74, 6) is 1.72. The minimum atomic E-state index is -3.08. The fraction of sp³-hybridized carbons (Fsp3) is 0.500. The fourth-order valence-electron chi connectivity index (χ4n) is 3.47. The molecule has 1 aromatic carbocycles. The number of rotatable bonds is 6. The molecule has 1 saturated carbocycles. The number of thioether (sulfide) groups is 1. The molecule has 9 heteroatoms. The number of amides is 1. The van der Waals surface area contributed by atoms with Crippen molar-refractivity contribution < 1.29 is 13.2 Å². The van der Waals surface area contributed by atoms with E-state index >= 15 is 0 Å². The highest BCUT2D eigenvalue weighted by Gasteiger charge is 2.35. The standard InChI is InChI=1S/C18H22N4O3S2/c1-21-17(13-7-8-13)19-20-18(21)26-11-16(23)22(14-5-3-2-4-6-14)15-9-10-27(24,25)12-15/h2-6,13,15H,7-12H2,1H3/t15-/m1/s1. The average molecular weight is 407 g/mol. The Bertz CT molecular complexity index is 939. The third kappa shape index (κ3) is 4.03. The van der Waals surface area contributed by atoms with Crippen LogP contribution < -0.4 is 4.90 Å². The number of hydrogen-bond donors (Lipinski definition) is 0. The van der Waals surface area contributed by atoms with E-state index in [0.717, 1.165) is 29.5 Å². The van der Waals surface area contributed by atoms with Gasteiger partial charge in [-0.2, -0.15) is 0 Å². The van der Waals surface area contributed by atoms with Gasteiger partial charge in [0.1, 0.15) is 5.82 Å². The first kappa shape index (κ1) is 18.5. The molecule has 1 aromatic heterocycles. The molecular weight excluding hydrogens is 384 g/mol. The second kappa shape index (κ2) is 7.27. The van der Waals surface area contributed by atoms with Crippen LogP contribution in [0.4, 0.5) is 5.69 Å². The Hall–Kier alpha value is -1.87. The van der Waals surface area contributed by atoms with Crippen molar-refractivity contribution in [2.45, 2.75) is 36.4 Å². The average Bonchev–Trinajstić information content (AvgIpc) is 3.33. The van der Waals surface area contributed by atoms with E-state index in [9.17, 15) is 13.2 Å². The molecule has 2 fully saturated rings. The predicted molar refractivity (Wildman–Crippen MR) is 105 cm³/mol. The molecule has 0 bridgehead atoms. The maximum absolute atomic E-state index is 13.0. The number of benzene rings is 1. The van der Waals surface area contributed by atoms with Crippen LogP contribution in [0.5, 0.6) is 0 Å². The molecule has 1 atom stereocenters. The second-order valence-electron chi connectivity index (χ2n) is 7.12. The minimum absolute atomic E-state index is 0.0219. The van der Waals surface area contributed by atoms with Crippen LogP contribution in [-0.4, -0.2) is 52.4 Å². The molecule has 1 saturated heterocycles. The zero-order valence-corrected chi connectivity index (χ0v) is 16.7. The number of aromatic nitrogens is 3. The number of sulfone groups is 1. The summed E-state index contributed by atoms with van der Waals surface area (Å²) in [4.78, 5) is 14.7. The molecule has 2 heterocycles. The maximum Gasteiger partial charge on any atom is 0.237 e. The van der Waals surface area contributed by atoms with Crippen LogP contribution in [0.1, 0.15) is 31.0 Å². The SMILES string of the molecule is Cn1c(SCC(=O)N(c2ccccc2)[C@@H]2CCS(=O)(=O)C2)nnc1C1CC1. The number of hydrogen-bond acceptors (Lipinski definition) is 6. The van der Waals surface area contributed by atoms with Crippen molar-refractivity contribution in [1.29, 1.82) is 0 Å². The normalized spacial score (nSPS) is 21.3. The number of carbonyl (C=O) groups excluding carboxylic acids is 1. The van der Waals surface area contributed by atoms with E-state index in [4.69, 9.17) is 0 Å². The topological polar surface area (TPSA) is 85.2 Å². The summed E-state index contributed by atoms with van der Waals surface area (Å²) in [7, 11) is -1.15. The lowest BCUT2D eigenvalue weighted by Crippen LogP contribution is -2.42. The number of para-hydroxylation sites is 1. The largest absolute Gasteiger partial charge is 0.309 e. The van der Waals surface area contributed by atoms with E-state index in [-0.39, 0.29) is 29.2 Å². The van der Waals surface area contributed by atoms with Gasteiger partial charge in [-0.1, -0.05) is 30.0 Å². The Morgan fingerprint density at radius 3 is 2.59 bits per heavy atom. The Morgan fingerprint density at radius 2 is 1.96 bits per heavy atom. The second-order valence-corrected chi connectivity index (χ2v) is 10.3. The van der Waals surface area contributed by atoms with Crippen LogP contribution >= 0.6 is 11.8 Å². The van der Waals surface area contributed by atoms with Gasteiger partial charge in [-0.25, -0.2) is 8.42 Å². The van der Waals surface area contributed by atoms with Crippen LogP contribution in [0.2, 0.25) is 0 Å². The van der Waals surface area contributed by atoms with E-state index < -0.39 is 9.84 Å². The van der Waals surface area contributed by atoms with Crippen molar-refractivity contribution >= 4 is 33.2 Å². The molecule has 0 unspecified atom stereocenters. The Balaban J connectivity index is 1.50. The van der Waals surface area contributed by atoms with Crippen molar-refractivity contribution in [3.05, 3.63) is 36.2 Å². The molecule has 1 aliphatic heterocycles. The van der Waals surface area contributed by atoms with Crippen molar-refractivity contribution in [3.63, 3.8) is 0 Å². The molecule has 4 rings (SSSR count). The van der Waals surface area contributed by atoms with E-state index in [1.807, 2.05) is 41.9 Å². The summed E-state index contributed by atoms with van der Waals surface area (Å²) in [6.07, 6.45) is 2.77. The van der Waals surface area contributed by atoms with Gasteiger partial charge in [0.05, 0.1) is 23.3 Å². The molecule has 0 radical (unpaired) electrons. The molecule has 1 aliphatic carbocycles. The molecular formula is C18H22N4O3S2. The van der Waals surface area contributed by atoms with Gasteiger partial charge >= 0.3 is 0 Å². The van der Waals surface area contributed by atoms with Gasteiger partial charge < -0.3 is 9.47 Å². The van der Waals surface area contributed by atoms with Gasteiger partial charge in [-0.05, 0) is 31.4 Å². The fourth-order valence-corrected chi connectivity index (χ4v) is 5.95. The van der Waals surface area contributed by atoms with Gasteiger partial charge in [0.25, 0.3) is 0 Å². The quantitative estimate of drug-likeness (QED) is 0.682. The van der Waals surface area contributed by atoms with Crippen LogP contribution in [0.25, 0.3) is 0 Å². The van der Waals surface area contributed by atoms with Crippen LogP contribution in [0.3, 0.4) is 0 Å². The van der Waals surface area contributed by atoms with E-state index in [2.05, 4.69) is 10.2 Å². The molecule has 0 spiro atoms. The monoisotopic (exact) mass is 406 g/mol. The highest BCUT2D eigenvalue weighted by molar-refractivity contribution is 7.99. The Labute approximate surface area is 163 Å². The van der Waals surface area contributed by atoms with E-state index in [1.165, 1.54) is 11.8 Å². The third-order valence-electron chi connectivity index (χ3n) is 5.01. The molecule has 1 amide bonds. The summed E-state index contributed by atoms with van der Waals surface area (Å²) < 4.78 is 25.8. The lowest BCUT2D eigenvalue weighted by Gasteiger charge is -2.28. The Kier molecular flexibility index (Phi) is 4.98.